The number of ether oxygens (including phenoxy) is 1. The summed E-state index contributed by atoms with van der Waals surface area (Å²) in [5.74, 6) is -1.68. The molecule has 1 unspecified atom stereocenters. The van der Waals surface area contributed by atoms with Gasteiger partial charge in [-0.15, -0.1) is 0 Å². The second kappa shape index (κ2) is 7.40. The van der Waals surface area contributed by atoms with Crippen LogP contribution in [0.25, 0.3) is 0 Å². The van der Waals surface area contributed by atoms with Crippen LogP contribution in [0.4, 0.5) is 10.2 Å². The van der Waals surface area contributed by atoms with E-state index in [4.69, 9.17) is 16.3 Å². The average molecular weight is 346 g/mol. The van der Waals surface area contributed by atoms with Crippen LogP contribution >= 0.6 is 11.6 Å². The molecule has 2 rings (SSSR count). The molecule has 1 fully saturated rings. The molecule has 0 aliphatic heterocycles. The Morgan fingerprint density at radius 3 is 3.13 bits per heavy atom. The average Bonchev–Trinajstić information content (AvgIpc) is 2.50. The van der Waals surface area contributed by atoms with Gasteiger partial charge < -0.3 is 15.2 Å². The van der Waals surface area contributed by atoms with Crippen LogP contribution in [0.2, 0.25) is 5.28 Å². The first-order valence-electron chi connectivity index (χ1n) is 7.69. The van der Waals surface area contributed by atoms with Crippen LogP contribution in [-0.2, 0) is 9.53 Å². The van der Waals surface area contributed by atoms with E-state index in [-0.39, 0.29) is 23.8 Å². The number of carbonyl (C=O) groups excluding carboxylic acids is 1. The minimum Gasteiger partial charge on any atom is -0.466 e. The van der Waals surface area contributed by atoms with Gasteiger partial charge in [-0.25, -0.2) is 9.37 Å². The Hall–Kier alpha value is -1.47. The molecule has 0 saturated heterocycles. The van der Waals surface area contributed by atoms with Gasteiger partial charge >= 0.3 is 5.97 Å². The number of aromatic nitrogens is 2. The number of esters is 1. The Morgan fingerprint density at radius 1 is 1.70 bits per heavy atom. The van der Waals surface area contributed by atoms with Crippen molar-refractivity contribution in [3.63, 3.8) is 0 Å². The quantitative estimate of drug-likeness (QED) is 0.630. The Balaban J connectivity index is 2.08. The minimum atomic E-state index is -1.19. The van der Waals surface area contributed by atoms with E-state index in [1.54, 1.807) is 13.8 Å². The van der Waals surface area contributed by atoms with Crippen LogP contribution < -0.4 is 5.32 Å². The number of anilines is 1. The lowest BCUT2D eigenvalue weighted by atomic mass is 9.74. The number of hydrogen-bond acceptors (Lipinski definition) is 6. The summed E-state index contributed by atoms with van der Waals surface area (Å²) in [6.45, 7) is 3.65. The zero-order valence-corrected chi connectivity index (χ0v) is 13.9. The van der Waals surface area contributed by atoms with Gasteiger partial charge in [0.05, 0.1) is 24.3 Å². The summed E-state index contributed by atoms with van der Waals surface area (Å²) in [4.78, 5) is 19.3. The largest absolute Gasteiger partial charge is 0.466 e. The maximum absolute atomic E-state index is 13.7. The van der Waals surface area contributed by atoms with Crippen LogP contribution in [-0.4, -0.2) is 39.3 Å². The molecule has 1 aliphatic carbocycles. The second-order valence-corrected chi connectivity index (χ2v) is 6.19. The molecule has 8 heteroatoms. The molecule has 0 amide bonds. The second-order valence-electron chi connectivity index (χ2n) is 5.85. The highest BCUT2D eigenvalue weighted by atomic mass is 35.5. The fourth-order valence-electron chi connectivity index (χ4n) is 2.93. The van der Waals surface area contributed by atoms with Crippen molar-refractivity contribution in [1.82, 2.24) is 9.97 Å². The Labute approximate surface area is 139 Å². The normalized spacial score (nSPS) is 25.7. The van der Waals surface area contributed by atoms with Crippen molar-refractivity contribution in [2.75, 3.05) is 11.9 Å². The number of rotatable bonds is 5. The van der Waals surface area contributed by atoms with Crippen molar-refractivity contribution < 1.29 is 19.0 Å². The van der Waals surface area contributed by atoms with E-state index in [1.807, 2.05) is 0 Å². The minimum absolute atomic E-state index is 0.00281. The lowest BCUT2D eigenvalue weighted by Crippen LogP contribution is -2.48. The first-order valence-corrected chi connectivity index (χ1v) is 8.07. The summed E-state index contributed by atoms with van der Waals surface area (Å²) in [5.41, 5.74) is -1.19. The fourth-order valence-corrected chi connectivity index (χ4v) is 3.06. The van der Waals surface area contributed by atoms with Gasteiger partial charge in [0.1, 0.15) is 0 Å². The van der Waals surface area contributed by atoms with E-state index in [9.17, 15) is 14.3 Å². The van der Waals surface area contributed by atoms with Gasteiger partial charge in [0, 0.05) is 6.04 Å². The predicted octanol–water partition coefficient (Wildman–Crippen LogP) is 2.55. The predicted molar refractivity (Wildman–Crippen MR) is 83.6 cm³/mol. The van der Waals surface area contributed by atoms with Crippen LogP contribution in [0.5, 0.6) is 0 Å². The van der Waals surface area contributed by atoms with Gasteiger partial charge in [0.15, 0.2) is 11.6 Å². The molecule has 1 heterocycles. The molecule has 0 aromatic carbocycles. The van der Waals surface area contributed by atoms with Gasteiger partial charge in [0.2, 0.25) is 5.28 Å². The number of nitrogens with zero attached hydrogens (tertiary/aromatic N) is 2. The Morgan fingerprint density at radius 2 is 2.43 bits per heavy atom. The van der Waals surface area contributed by atoms with Crippen LogP contribution in [0.1, 0.15) is 39.5 Å². The van der Waals surface area contributed by atoms with Crippen molar-refractivity contribution in [2.24, 2.45) is 5.92 Å². The summed E-state index contributed by atoms with van der Waals surface area (Å²) in [6.07, 6.45) is 3.23. The number of hydrogen-bond donors (Lipinski definition) is 2. The first kappa shape index (κ1) is 17.9. The zero-order valence-electron chi connectivity index (χ0n) is 13.2. The molecule has 0 bridgehead atoms. The van der Waals surface area contributed by atoms with E-state index in [0.717, 1.165) is 12.6 Å². The monoisotopic (exact) mass is 345 g/mol. The van der Waals surface area contributed by atoms with Crippen molar-refractivity contribution in [3.05, 3.63) is 17.3 Å². The highest BCUT2D eigenvalue weighted by Gasteiger charge is 2.43. The third-order valence-corrected chi connectivity index (χ3v) is 4.45. The van der Waals surface area contributed by atoms with Gasteiger partial charge in [-0.2, -0.15) is 4.98 Å². The summed E-state index contributed by atoms with van der Waals surface area (Å²) in [6, 6.07) is -0.217. The van der Waals surface area contributed by atoms with Crippen molar-refractivity contribution >= 4 is 23.4 Å². The van der Waals surface area contributed by atoms with E-state index in [1.165, 1.54) is 0 Å². The van der Waals surface area contributed by atoms with E-state index < -0.39 is 23.3 Å². The standard InChI is InChI=1S/C15H21ClFN3O3/c1-3-23-13(21)9(2)15(22)6-4-5-10(7-15)19-12-11(17)8-18-14(16)20-12/h8-10,22H,3-7H2,1-2H3,(H,18,19,20)/t9?,10-,15-/m0/s1. The third-order valence-electron chi connectivity index (χ3n) is 4.26. The molecule has 0 radical (unpaired) electrons. The van der Waals surface area contributed by atoms with Crippen LogP contribution in [0.3, 0.4) is 0 Å². The lowest BCUT2D eigenvalue weighted by Gasteiger charge is -2.40. The summed E-state index contributed by atoms with van der Waals surface area (Å²) >= 11 is 5.68. The van der Waals surface area contributed by atoms with Crippen molar-refractivity contribution in [2.45, 2.75) is 51.2 Å². The molecule has 1 aliphatic rings. The Kier molecular flexibility index (Phi) is 5.75. The van der Waals surface area contributed by atoms with Crippen LogP contribution in [0, 0.1) is 11.7 Å². The maximum Gasteiger partial charge on any atom is 0.311 e. The molecular formula is C15H21ClFN3O3. The van der Waals surface area contributed by atoms with Crippen molar-refractivity contribution in [3.8, 4) is 0 Å². The molecular weight excluding hydrogens is 325 g/mol. The highest BCUT2D eigenvalue weighted by Crippen LogP contribution is 2.36. The topological polar surface area (TPSA) is 84.3 Å². The summed E-state index contributed by atoms with van der Waals surface area (Å²) < 4.78 is 18.7. The zero-order chi connectivity index (χ0) is 17.0. The SMILES string of the molecule is CCOC(=O)C(C)[C@]1(O)CCC[C@H](Nc2nc(Cl)ncc2F)C1. The molecule has 6 nitrogen and oxygen atoms in total. The summed E-state index contributed by atoms with van der Waals surface area (Å²) in [5, 5.41) is 13.7. The van der Waals surface area contributed by atoms with Gasteiger partial charge in [-0.3, -0.25) is 4.79 Å². The number of carbonyl (C=O) groups is 1. The molecule has 128 valence electrons. The van der Waals surface area contributed by atoms with E-state index in [2.05, 4.69) is 15.3 Å². The lowest BCUT2D eigenvalue weighted by molar-refractivity contribution is -0.159. The maximum atomic E-state index is 13.7. The van der Waals surface area contributed by atoms with Gasteiger partial charge in [-0.1, -0.05) is 0 Å². The highest BCUT2D eigenvalue weighted by molar-refractivity contribution is 6.28. The number of aliphatic hydroxyl groups is 1. The van der Waals surface area contributed by atoms with E-state index in [0.29, 0.717) is 19.3 Å². The van der Waals surface area contributed by atoms with Crippen molar-refractivity contribution in [1.29, 1.82) is 0 Å². The molecule has 1 aromatic heterocycles. The first-order chi connectivity index (χ1) is 10.9. The molecule has 1 aromatic rings. The molecule has 2 N–H and O–H groups in total. The summed E-state index contributed by atoms with van der Waals surface area (Å²) in [7, 11) is 0. The fraction of sp³-hybridized carbons (Fsp3) is 0.667. The van der Waals surface area contributed by atoms with E-state index >= 15 is 0 Å². The van der Waals surface area contributed by atoms with Crippen LogP contribution in [0.15, 0.2) is 6.20 Å². The number of nitrogens with one attached hydrogen (secondary N) is 1. The smallest absolute Gasteiger partial charge is 0.311 e. The van der Waals surface area contributed by atoms with Gasteiger partial charge in [0.25, 0.3) is 0 Å². The molecule has 23 heavy (non-hydrogen) atoms. The molecule has 3 atom stereocenters. The molecule has 0 spiro atoms. The molecule has 1 saturated carbocycles. The number of halogens is 2. The third kappa shape index (κ3) is 4.29. The van der Waals surface area contributed by atoms with Gasteiger partial charge in [-0.05, 0) is 51.1 Å². The Bertz CT molecular complexity index is 575.